The lowest BCUT2D eigenvalue weighted by Gasteiger charge is -2.46. The van der Waals surface area contributed by atoms with Crippen molar-refractivity contribution in [3.63, 3.8) is 0 Å². The zero-order chi connectivity index (χ0) is 22.1. The average Bonchev–Trinajstić information content (AvgIpc) is 2.64. The molecule has 0 aromatic heterocycles. The predicted molar refractivity (Wildman–Crippen MR) is 105 cm³/mol. The minimum absolute atomic E-state index is 0.0803. The number of allylic oxidation sites excluding steroid dienone is 3. The molecule has 160 valence electrons. The number of carbonyl (C=O) groups is 4. The first kappa shape index (κ1) is 22.8. The van der Waals surface area contributed by atoms with E-state index in [0.29, 0.717) is 19.3 Å². The molecule has 7 nitrogen and oxygen atoms in total. The number of carboxylic acid groups (broad SMARTS) is 1. The quantitative estimate of drug-likeness (QED) is 0.675. The SMILES string of the molecule is CCC(C)C(=O)OC(C)(C(=O)O)C1=CC2(C)C(=CC1=O)CCC(OC(C)=O)C2C. The van der Waals surface area contributed by atoms with Gasteiger partial charge in [-0.15, -0.1) is 0 Å². The van der Waals surface area contributed by atoms with E-state index in [1.807, 2.05) is 13.8 Å². The number of ether oxygens (including phenoxy) is 2. The molecule has 7 heteroatoms. The van der Waals surface area contributed by atoms with Crippen molar-refractivity contribution in [3.8, 4) is 0 Å². The summed E-state index contributed by atoms with van der Waals surface area (Å²) in [7, 11) is 0. The summed E-state index contributed by atoms with van der Waals surface area (Å²) in [6.45, 7) is 9.83. The van der Waals surface area contributed by atoms with Crippen LogP contribution in [0.4, 0.5) is 0 Å². The number of esters is 2. The molecule has 5 atom stereocenters. The largest absolute Gasteiger partial charge is 0.478 e. The van der Waals surface area contributed by atoms with Gasteiger partial charge in [-0.1, -0.05) is 39.3 Å². The van der Waals surface area contributed by atoms with Crippen LogP contribution in [-0.2, 0) is 28.7 Å². The molecule has 1 N–H and O–H groups in total. The zero-order valence-corrected chi connectivity index (χ0v) is 17.9. The van der Waals surface area contributed by atoms with Crippen molar-refractivity contribution in [2.24, 2.45) is 17.3 Å². The Morgan fingerprint density at radius 1 is 1.38 bits per heavy atom. The molecule has 29 heavy (non-hydrogen) atoms. The van der Waals surface area contributed by atoms with Crippen molar-refractivity contribution in [1.29, 1.82) is 0 Å². The number of hydrogen-bond donors (Lipinski definition) is 1. The molecule has 0 saturated heterocycles. The molecule has 0 aromatic carbocycles. The summed E-state index contributed by atoms with van der Waals surface area (Å²) < 4.78 is 10.8. The summed E-state index contributed by atoms with van der Waals surface area (Å²) >= 11 is 0. The van der Waals surface area contributed by atoms with Gasteiger partial charge in [-0.3, -0.25) is 14.4 Å². The number of hydrogen-bond acceptors (Lipinski definition) is 6. The first-order valence-corrected chi connectivity index (χ1v) is 9.99. The predicted octanol–water partition coefficient (Wildman–Crippen LogP) is 3.22. The van der Waals surface area contributed by atoms with E-state index in [1.165, 1.54) is 19.9 Å². The Morgan fingerprint density at radius 3 is 2.52 bits per heavy atom. The summed E-state index contributed by atoms with van der Waals surface area (Å²) in [5.41, 5.74) is -2.01. The van der Waals surface area contributed by atoms with Gasteiger partial charge in [0.15, 0.2) is 5.78 Å². The molecule has 0 amide bonds. The molecule has 0 aliphatic heterocycles. The van der Waals surface area contributed by atoms with Gasteiger partial charge in [0.2, 0.25) is 5.60 Å². The third-order valence-electron chi connectivity index (χ3n) is 6.47. The number of carboxylic acids is 1. The van der Waals surface area contributed by atoms with Crippen molar-refractivity contribution in [1.82, 2.24) is 0 Å². The van der Waals surface area contributed by atoms with Crippen LogP contribution in [0.5, 0.6) is 0 Å². The van der Waals surface area contributed by atoms with Gasteiger partial charge >= 0.3 is 17.9 Å². The lowest BCUT2D eigenvalue weighted by atomic mass is 9.60. The van der Waals surface area contributed by atoms with Gasteiger partial charge in [-0.2, -0.15) is 0 Å². The fourth-order valence-corrected chi connectivity index (χ4v) is 3.98. The molecule has 0 spiro atoms. The second-order valence-electron chi connectivity index (χ2n) is 8.42. The maximum absolute atomic E-state index is 12.8. The van der Waals surface area contributed by atoms with Crippen LogP contribution in [0.15, 0.2) is 23.3 Å². The van der Waals surface area contributed by atoms with Gasteiger partial charge < -0.3 is 14.6 Å². The van der Waals surface area contributed by atoms with Crippen LogP contribution in [0.1, 0.15) is 60.8 Å². The molecule has 0 bridgehead atoms. The maximum atomic E-state index is 12.8. The van der Waals surface area contributed by atoms with Crippen molar-refractivity contribution in [2.45, 2.75) is 72.5 Å². The van der Waals surface area contributed by atoms with Crippen molar-refractivity contribution in [2.75, 3.05) is 0 Å². The van der Waals surface area contributed by atoms with Gasteiger partial charge in [-0.05, 0) is 32.3 Å². The van der Waals surface area contributed by atoms with Crippen LogP contribution in [0.2, 0.25) is 0 Å². The van der Waals surface area contributed by atoms with E-state index in [0.717, 1.165) is 5.57 Å². The number of aliphatic carboxylic acids is 1. The van der Waals surface area contributed by atoms with Crippen LogP contribution in [0.25, 0.3) is 0 Å². The summed E-state index contributed by atoms with van der Waals surface area (Å²) in [6.07, 6.45) is 4.35. The van der Waals surface area contributed by atoms with E-state index in [1.54, 1.807) is 19.9 Å². The van der Waals surface area contributed by atoms with E-state index >= 15 is 0 Å². The molecule has 2 aliphatic carbocycles. The highest BCUT2D eigenvalue weighted by Crippen LogP contribution is 2.50. The zero-order valence-electron chi connectivity index (χ0n) is 17.9. The Kier molecular flexibility index (Phi) is 6.40. The fraction of sp³-hybridized carbons (Fsp3) is 0.636. The number of ketones is 1. The highest BCUT2D eigenvalue weighted by Gasteiger charge is 2.51. The topological polar surface area (TPSA) is 107 Å². The van der Waals surface area contributed by atoms with Gasteiger partial charge in [0.05, 0.1) is 11.5 Å². The number of carbonyl (C=O) groups excluding carboxylic acids is 3. The van der Waals surface area contributed by atoms with Gasteiger partial charge in [0.1, 0.15) is 6.10 Å². The average molecular weight is 406 g/mol. The molecule has 0 heterocycles. The lowest BCUT2D eigenvalue weighted by Crippen LogP contribution is -2.49. The van der Waals surface area contributed by atoms with Crippen LogP contribution >= 0.6 is 0 Å². The molecule has 1 fully saturated rings. The molecule has 2 aliphatic rings. The molecule has 5 unspecified atom stereocenters. The first-order chi connectivity index (χ1) is 13.4. The summed E-state index contributed by atoms with van der Waals surface area (Å²) in [6, 6.07) is 0. The van der Waals surface area contributed by atoms with Crippen molar-refractivity contribution in [3.05, 3.63) is 23.3 Å². The van der Waals surface area contributed by atoms with Crippen LogP contribution in [0, 0.1) is 17.3 Å². The van der Waals surface area contributed by atoms with E-state index in [2.05, 4.69) is 0 Å². The highest BCUT2D eigenvalue weighted by atomic mass is 16.6. The van der Waals surface area contributed by atoms with Crippen LogP contribution in [0.3, 0.4) is 0 Å². The fourth-order valence-electron chi connectivity index (χ4n) is 3.98. The third kappa shape index (κ3) is 4.14. The molecular formula is C22H30O7. The third-order valence-corrected chi connectivity index (χ3v) is 6.47. The Labute approximate surface area is 171 Å². The van der Waals surface area contributed by atoms with Gasteiger partial charge in [0, 0.05) is 18.3 Å². The minimum Gasteiger partial charge on any atom is -0.478 e. The van der Waals surface area contributed by atoms with Gasteiger partial charge in [-0.25, -0.2) is 4.79 Å². The summed E-state index contributed by atoms with van der Waals surface area (Å²) in [5, 5.41) is 9.86. The second kappa shape index (κ2) is 8.13. The highest BCUT2D eigenvalue weighted by molar-refractivity contribution is 6.11. The van der Waals surface area contributed by atoms with E-state index in [-0.39, 0.29) is 23.6 Å². The Bertz CT molecular complexity index is 793. The maximum Gasteiger partial charge on any atom is 0.352 e. The molecular weight excluding hydrogens is 376 g/mol. The van der Waals surface area contributed by atoms with Crippen LogP contribution in [-0.4, -0.2) is 40.5 Å². The molecule has 2 rings (SSSR count). The van der Waals surface area contributed by atoms with E-state index < -0.39 is 34.7 Å². The Balaban J connectivity index is 2.49. The Hall–Kier alpha value is -2.44. The van der Waals surface area contributed by atoms with Crippen molar-refractivity contribution < 1.29 is 33.8 Å². The normalized spacial score (nSPS) is 29.5. The summed E-state index contributed by atoms with van der Waals surface area (Å²) in [4.78, 5) is 48.8. The standard InChI is InChI=1S/C22H30O7/c1-7-12(2)19(25)29-22(6,20(26)27)16-11-21(5)13(3)18(28-14(4)23)9-8-15(21)10-17(16)24/h10-13,18H,7-9H2,1-6H3,(H,26,27). The number of rotatable bonds is 6. The summed E-state index contributed by atoms with van der Waals surface area (Å²) in [5.74, 6) is -3.60. The van der Waals surface area contributed by atoms with Crippen molar-refractivity contribution >= 4 is 23.7 Å². The molecule has 0 radical (unpaired) electrons. The minimum atomic E-state index is -2.10. The first-order valence-electron chi connectivity index (χ1n) is 9.99. The lowest BCUT2D eigenvalue weighted by molar-refractivity contribution is -0.175. The van der Waals surface area contributed by atoms with E-state index in [4.69, 9.17) is 9.47 Å². The monoisotopic (exact) mass is 406 g/mol. The van der Waals surface area contributed by atoms with Gasteiger partial charge in [0.25, 0.3) is 0 Å². The second-order valence-corrected chi connectivity index (χ2v) is 8.42. The van der Waals surface area contributed by atoms with E-state index in [9.17, 15) is 24.3 Å². The molecule has 0 aromatic rings. The molecule has 1 saturated carbocycles. The smallest absolute Gasteiger partial charge is 0.352 e. The Morgan fingerprint density at radius 2 is 2.00 bits per heavy atom. The van der Waals surface area contributed by atoms with Crippen LogP contribution < -0.4 is 0 Å². The number of fused-ring (bicyclic) bond motifs is 1.